The molecule has 0 aromatic heterocycles. The predicted octanol–water partition coefficient (Wildman–Crippen LogP) is 1.97. The summed E-state index contributed by atoms with van der Waals surface area (Å²) < 4.78 is 27.8. The van der Waals surface area contributed by atoms with Crippen LogP contribution in [-0.2, 0) is 16.6 Å². The molecule has 0 unspecified atom stereocenters. The highest BCUT2D eigenvalue weighted by molar-refractivity contribution is 7.89. The first kappa shape index (κ1) is 22.1. The average Bonchev–Trinajstić information content (AvgIpc) is 2.61. The third-order valence-electron chi connectivity index (χ3n) is 3.78. The summed E-state index contributed by atoms with van der Waals surface area (Å²) in [5.41, 5.74) is 7.21. The number of hydrogen-bond acceptors (Lipinski definition) is 4. The van der Waals surface area contributed by atoms with Crippen LogP contribution in [0.1, 0.15) is 28.4 Å². The zero-order valence-corrected chi connectivity index (χ0v) is 16.4. The van der Waals surface area contributed by atoms with E-state index in [9.17, 15) is 13.2 Å². The first-order chi connectivity index (χ1) is 11.8. The molecule has 0 aliphatic heterocycles. The Hall–Kier alpha value is -1.93. The maximum Gasteiger partial charge on any atom is 0.251 e. The van der Waals surface area contributed by atoms with Gasteiger partial charge in [-0.1, -0.05) is 36.4 Å². The van der Waals surface area contributed by atoms with E-state index in [0.29, 0.717) is 12.1 Å². The quantitative estimate of drug-likeness (QED) is 0.664. The maximum absolute atomic E-state index is 12.6. The summed E-state index contributed by atoms with van der Waals surface area (Å²) in [5, 5.41) is 2.72. The van der Waals surface area contributed by atoms with Gasteiger partial charge < -0.3 is 11.1 Å². The van der Waals surface area contributed by atoms with E-state index < -0.39 is 10.0 Å². The Morgan fingerprint density at radius 1 is 1.15 bits per heavy atom. The lowest BCUT2D eigenvalue weighted by molar-refractivity contribution is 0.0941. The van der Waals surface area contributed by atoms with Crippen molar-refractivity contribution < 1.29 is 13.2 Å². The van der Waals surface area contributed by atoms with Gasteiger partial charge in [0.05, 0.1) is 4.90 Å². The second-order valence-corrected chi connectivity index (χ2v) is 7.64. The van der Waals surface area contributed by atoms with Crippen LogP contribution in [0.25, 0.3) is 0 Å². The number of benzene rings is 2. The van der Waals surface area contributed by atoms with Crippen molar-refractivity contribution in [2.75, 3.05) is 6.54 Å². The number of rotatable bonds is 7. The zero-order valence-electron chi connectivity index (χ0n) is 14.7. The van der Waals surface area contributed by atoms with Crippen LogP contribution in [-0.4, -0.2) is 26.9 Å². The van der Waals surface area contributed by atoms with Gasteiger partial charge in [-0.25, -0.2) is 13.1 Å². The SMILES string of the molecule is Cc1ccc(C(=O)N[C@@H](C)CN)cc1S(=O)(=O)NCc1ccccc1.Cl. The minimum atomic E-state index is -3.73. The maximum atomic E-state index is 12.6. The van der Waals surface area contributed by atoms with Gasteiger partial charge in [0.1, 0.15) is 0 Å². The molecule has 0 heterocycles. The summed E-state index contributed by atoms with van der Waals surface area (Å²) in [6, 6.07) is 13.7. The molecule has 0 fully saturated rings. The Balaban J connectivity index is 0.00000338. The average molecular weight is 398 g/mol. The molecule has 2 aromatic carbocycles. The Kier molecular flexibility index (Phi) is 8.23. The van der Waals surface area contributed by atoms with E-state index >= 15 is 0 Å². The van der Waals surface area contributed by atoms with Crippen molar-refractivity contribution in [2.24, 2.45) is 5.73 Å². The molecule has 2 rings (SSSR count). The largest absolute Gasteiger partial charge is 0.348 e. The molecule has 8 heteroatoms. The summed E-state index contributed by atoms with van der Waals surface area (Å²) >= 11 is 0. The molecule has 0 aliphatic carbocycles. The summed E-state index contributed by atoms with van der Waals surface area (Å²) in [6.45, 7) is 3.97. The second-order valence-electron chi connectivity index (χ2n) is 5.90. The third kappa shape index (κ3) is 5.81. The van der Waals surface area contributed by atoms with Crippen LogP contribution in [0.2, 0.25) is 0 Å². The molecule has 0 saturated carbocycles. The molecular formula is C18H24ClN3O3S. The van der Waals surface area contributed by atoms with Gasteiger partial charge in [0.25, 0.3) is 5.91 Å². The van der Waals surface area contributed by atoms with E-state index in [0.717, 1.165) is 5.56 Å². The molecule has 0 bridgehead atoms. The molecule has 1 amide bonds. The van der Waals surface area contributed by atoms with Gasteiger partial charge >= 0.3 is 0 Å². The normalized spacial score (nSPS) is 12.1. The number of nitrogens with one attached hydrogen (secondary N) is 2. The van der Waals surface area contributed by atoms with Crippen molar-refractivity contribution in [1.82, 2.24) is 10.0 Å². The van der Waals surface area contributed by atoms with E-state index in [1.54, 1.807) is 26.0 Å². The van der Waals surface area contributed by atoms with Gasteiger partial charge in [-0.2, -0.15) is 0 Å². The molecule has 0 spiro atoms. The van der Waals surface area contributed by atoms with Crippen LogP contribution < -0.4 is 15.8 Å². The molecule has 26 heavy (non-hydrogen) atoms. The number of sulfonamides is 1. The zero-order chi connectivity index (χ0) is 18.4. The molecular weight excluding hydrogens is 374 g/mol. The van der Waals surface area contributed by atoms with Crippen molar-refractivity contribution in [3.8, 4) is 0 Å². The van der Waals surface area contributed by atoms with Crippen molar-refractivity contribution >= 4 is 28.3 Å². The van der Waals surface area contributed by atoms with Gasteiger partial charge in [-0.05, 0) is 37.1 Å². The predicted molar refractivity (Wildman–Crippen MR) is 105 cm³/mol. The monoisotopic (exact) mass is 397 g/mol. The number of carbonyl (C=O) groups excluding carboxylic acids is 1. The summed E-state index contributed by atoms with van der Waals surface area (Å²) in [6.07, 6.45) is 0. The van der Waals surface area contributed by atoms with Crippen molar-refractivity contribution in [3.05, 3.63) is 65.2 Å². The lowest BCUT2D eigenvalue weighted by Gasteiger charge is -2.14. The van der Waals surface area contributed by atoms with Crippen LogP contribution in [0.3, 0.4) is 0 Å². The standard InChI is InChI=1S/C18H23N3O3S.ClH/c1-13-8-9-16(18(22)21-14(2)11-19)10-17(13)25(23,24)20-12-15-6-4-3-5-7-15;/h3-10,14,20H,11-12,19H2,1-2H3,(H,21,22);1H/t14-;/m0./s1. The van der Waals surface area contributed by atoms with Crippen molar-refractivity contribution in [1.29, 1.82) is 0 Å². The molecule has 0 saturated heterocycles. The number of nitrogens with two attached hydrogens (primary N) is 1. The van der Waals surface area contributed by atoms with E-state index in [-0.39, 0.29) is 41.4 Å². The van der Waals surface area contributed by atoms with Gasteiger partial charge in [-0.15, -0.1) is 12.4 Å². The van der Waals surface area contributed by atoms with E-state index in [1.807, 2.05) is 30.3 Å². The van der Waals surface area contributed by atoms with Crippen LogP contribution in [0, 0.1) is 6.92 Å². The Bertz CT molecular complexity index is 842. The fraction of sp³-hybridized carbons (Fsp3) is 0.278. The van der Waals surface area contributed by atoms with E-state index in [4.69, 9.17) is 5.73 Å². The van der Waals surface area contributed by atoms with Gasteiger partial charge in [0, 0.05) is 24.7 Å². The van der Waals surface area contributed by atoms with Gasteiger partial charge in [0.2, 0.25) is 10.0 Å². The topological polar surface area (TPSA) is 101 Å². The lowest BCUT2D eigenvalue weighted by Crippen LogP contribution is -2.37. The first-order valence-electron chi connectivity index (χ1n) is 7.98. The number of amides is 1. The molecule has 142 valence electrons. The van der Waals surface area contributed by atoms with E-state index in [2.05, 4.69) is 10.0 Å². The van der Waals surface area contributed by atoms with Crippen LogP contribution >= 0.6 is 12.4 Å². The highest BCUT2D eigenvalue weighted by atomic mass is 35.5. The first-order valence-corrected chi connectivity index (χ1v) is 9.47. The molecule has 0 aliphatic rings. The molecule has 1 atom stereocenters. The smallest absolute Gasteiger partial charge is 0.251 e. The minimum absolute atomic E-state index is 0. The number of aryl methyl sites for hydroxylation is 1. The van der Waals surface area contributed by atoms with Gasteiger partial charge in [-0.3, -0.25) is 4.79 Å². The van der Waals surface area contributed by atoms with E-state index in [1.165, 1.54) is 6.07 Å². The highest BCUT2D eigenvalue weighted by Gasteiger charge is 2.19. The lowest BCUT2D eigenvalue weighted by atomic mass is 10.1. The van der Waals surface area contributed by atoms with Gasteiger partial charge in [0.15, 0.2) is 0 Å². The van der Waals surface area contributed by atoms with Crippen LogP contribution in [0.5, 0.6) is 0 Å². The number of carbonyl (C=O) groups is 1. The summed E-state index contributed by atoms with van der Waals surface area (Å²) in [7, 11) is -3.73. The fourth-order valence-electron chi connectivity index (χ4n) is 2.25. The molecule has 0 radical (unpaired) electrons. The number of halogens is 1. The summed E-state index contributed by atoms with van der Waals surface area (Å²) in [4.78, 5) is 12.3. The van der Waals surface area contributed by atoms with Crippen molar-refractivity contribution in [2.45, 2.75) is 31.3 Å². The van der Waals surface area contributed by atoms with Crippen LogP contribution in [0.4, 0.5) is 0 Å². The van der Waals surface area contributed by atoms with Crippen molar-refractivity contribution in [3.63, 3.8) is 0 Å². The fourth-order valence-corrected chi connectivity index (χ4v) is 3.54. The van der Waals surface area contributed by atoms with Crippen LogP contribution in [0.15, 0.2) is 53.4 Å². The molecule has 4 N–H and O–H groups in total. The highest BCUT2D eigenvalue weighted by Crippen LogP contribution is 2.17. The second kappa shape index (κ2) is 9.68. The Labute approximate surface area is 160 Å². The molecule has 2 aromatic rings. The minimum Gasteiger partial charge on any atom is -0.348 e. The molecule has 6 nitrogen and oxygen atoms in total. The Morgan fingerprint density at radius 3 is 2.42 bits per heavy atom. The Morgan fingerprint density at radius 2 is 1.81 bits per heavy atom. The summed E-state index contributed by atoms with van der Waals surface area (Å²) in [5.74, 6) is -0.350. The third-order valence-corrected chi connectivity index (χ3v) is 5.32. The number of hydrogen-bond donors (Lipinski definition) is 3.